The molecule has 58 valence electrons. The highest BCUT2D eigenvalue weighted by molar-refractivity contribution is 4.63. The Labute approximate surface area is 61.9 Å². The Kier molecular flexibility index (Phi) is 3.72. The lowest BCUT2D eigenvalue weighted by Crippen LogP contribution is -2.34. The monoisotopic (exact) mass is 143 g/mol. The van der Waals surface area contributed by atoms with Gasteiger partial charge in [-0.3, -0.25) is 4.90 Å². The largest absolute Gasteiger partial charge is 0.379 e. The second kappa shape index (κ2) is 4.66. The smallest absolute Gasteiger partial charge is 0.217 e. The van der Waals surface area contributed by atoms with Crippen LogP contribution in [-0.2, 0) is 9.47 Å². The quantitative estimate of drug-likeness (QED) is 0.569. The van der Waals surface area contributed by atoms with E-state index in [2.05, 4.69) is 6.73 Å². The summed E-state index contributed by atoms with van der Waals surface area (Å²) in [5.74, 6) is 0. The molecule has 1 aliphatic rings. The molecule has 1 aliphatic heterocycles. The van der Waals surface area contributed by atoms with Gasteiger partial charge in [0.25, 0.3) is 0 Å². The molecule has 0 aromatic carbocycles. The second-order valence-corrected chi connectivity index (χ2v) is 2.12. The van der Waals surface area contributed by atoms with Crippen LogP contribution in [0.4, 0.5) is 0 Å². The first kappa shape index (κ1) is 7.98. The van der Waals surface area contributed by atoms with Gasteiger partial charge >= 0.3 is 0 Å². The van der Waals surface area contributed by atoms with Crippen LogP contribution in [0.2, 0.25) is 0 Å². The molecule has 1 saturated heterocycles. The van der Waals surface area contributed by atoms with E-state index >= 15 is 0 Å². The second-order valence-electron chi connectivity index (χ2n) is 2.12. The summed E-state index contributed by atoms with van der Waals surface area (Å²) in [6, 6.07) is 0. The van der Waals surface area contributed by atoms with Crippen LogP contribution < -0.4 is 0 Å². The van der Waals surface area contributed by atoms with Crippen LogP contribution in [0.3, 0.4) is 0 Å². The number of hydrogen-bond acceptors (Lipinski definition) is 3. The number of ether oxygens (including phenoxy) is 2. The van der Waals surface area contributed by atoms with Crippen molar-refractivity contribution in [3.05, 3.63) is 6.73 Å². The molecule has 0 aromatic heterocycles. The predicted octanol–water partition coefficient (Wildman–Crippen LogP) is 0.351. The molecule has 2 radical (unpaired) electrons. The van der Waals surface area contributed by atoms with Crippen molar-refractivity contribution < 1.29 is 9.47 Å². The zero-order valence-corrected chi connectivity index (χ0v) is 6.30. The first-order chi connectivity index (χ1) is 4.93. The standard InChI is InChI=1S/C7H13NO2/c1-2-9-7-8-3-5-10-6-4-8/h2-6H2,1H3. The van der Waals surface area contributed by atoms with Crippen molar-refractivity contribution in [1.82, 2.24) is 4.90 Å². The van der Waals surface area contributed by atoms with E-state index in [0.29, 0.717) is 6.61 Å². The van der Waals surface area contributed by atoms with Gasteiger partial charge in [0.15, 0.2) is 0 Å². The lowest BCUT2D eigenvalue weighted by atomic mass is 10.5. The number of rotatable bonds is 3. The summed E-state index contributed by atoms with van der Waals surface area (Å²) < 4.78 is 10.1. The highest BCUT2D eigenvalue weighted by Crippen LogP contribution is 1.99. The maximum absolute atomic E-state index is 5.14. The highest BCUT2D eigenvalue weighted by atomic mass is 16.5. The van der Waals surface area contributed by atoms with Crippen molar-refractivity contribution in [3.8, 4) is 0 Å². The average molecular weight is 143 g/mol. The van der Waals surface area contributed by atoms with Crippen molar-refractivity contribution in [2.45, 2.75) is 6.92 Å². The van der Waals surface area contributed by atoms with Gasteiger partial charge < -0.3 is 9.47 Å². The van der Waals surface area contributed by atoms with Gasteiger partial charge in [-0.05, 0) is 6.92 Å². The van der Waals surface area contributed by atoms with Gasteiger partial charge in [0.2, 0.25) is 6.73 Å². The van der Waals surface area contributed by atoms with E-state index in [4.69, 9.17) is 9.47 Å². The third-order valence-electron chi connectivity index (χ3n) is 1.35. The summed E-state index contributed by atoms with van der Waals surface area (Å²) in [5, 5.41) is 0. The summed E-state index contributed by atoms with van der Waals surface area (Å²) in [4.78, 5) is 2.01. The van der Waals surface area contributed by atoms with Gasteiger partial charge in [0, 0.05) is 19.7 Å². The van der Waals surface area contributed by atoms with Crippen molar-refractivity contribution >= 4 is 0 Å². The van der Waals surface area contributed by atoms with E-state index in [-0.39, 0.29) is 0 Å². The molecule has 0 N–H and O–H groups in total. The minimum Gasteiger partial charge on any atom is -0.379 e. The van der Waals surface area contributed by atoms with E-state index in [1.807, 2.05) is 11.8 Å². The van der Waals surface area contributed by atoms with E-state index in [0.717, 1.165) is 26.3 Å². The maximum atomic E-state index is 5.14. The van der Waals surface area contributed by atoms with Gasteiger partial charge in [-0.2, -0.15) is 0 Å². The summed E-state index contributed by atoms with van der Waals surface area (Å²) in [7, 11) is 0. The molecular weight excluding hydrogens is 130 g/mol. The number of nitrogens with zero attached hydrogens (tertiary/aromatic N) is 1. The van der Waals surface area contributed by atoms with Crippen LogP contribution in [0.25, 0.3) is 0 Å². The third kappa shape index (κ3) is 2.64. The first-order valence-electron chi connectivity index (χ1n) is 3.63. The Hall–Kier alpha value is -0.120. The molecule has 0 atom stereocenters. The number of morpholine rings is 1. The molecule has 3 nitrogen and oxygen atoms in total. The van der Waals surface area contributed by atoms with E-state index < -0.39 is 0 Å². The number of hydrogen-bond donors (Lipinski definition) is 0. The van der Waals surface area contributed by atoms with Crippen molar-refractivity contribution in [2.75, 3.05) is 32.9 Å². The Bertz CT molecular complexity index is 81.7. The fourth-order valence-corrected chi connectivity index (χ4v) is 0.810. The Balaban J connectivity index is 2.02. The summed E-state index contributed by atoms with van der Waals surface area (Å²) in [6.07, 6.45) is 0. The van der Waals surface area contributed by atoms with Gasteiger partial charge in [-0.25, -0.2) is 0 Å². The molecule has 0 amide bonds. The molecule has 1 fully saturated rings. The first-order valence-corrected chi connectivity index (χ1v) is 3.63. The van der Waals surface area contributed by atoms with Gasteiger partial charge in [-0.15, -0.1) is 0 Å². The molecule has 0 aromatic rings. The van der Waals surface area contributed by atoms with E-state index in [9.17, 15) is 0 Å². The minimum atomic E-state index is 0.692. The predicted molar refractivity (Wildman–Crippen MR) is 37.3 cm³/mol. The van der Waals surface area contributed by atoms with Crippen LogP contribution in [0.5, 0.6) is 0 Å². The fourth-order valence-electron chi connectivity index (χ4n) is 0.810. The molecule has 1 rings (SSSR count). The average Bonchev–Trinajstić information content (AvgIpc) is 2.03. The minimum absolute atomic E-state index is 0.692. The van der Waals surface area contributed by atoms with E-state index in [1.165, 1.54) is 0 Å². The molecule has 10 heavy (non-hydrogen) atoms. The molecule has 0 aliphatic carbocycles. The zero-order valence-electron chi connectivity index (χ0n) is 6.30. The Morgan fingerprint density at radius 1 is 1.50 bits per heavy atom. The molecule has 0 bridgehead atoms. The Morgan fingerprint density at radius 3 is 2.80 bits per heavy atom. The topological polar surface area (TPSA) is 21.7 Å². The van der Waals surface area contributed by atoms with Crippen LogP contribution in [0, 0.1) is 6.73 Å². The molecule has 0 unspecified atom stereocenters. The van der Waals surface area contributed by atoms with Gasteiger partial charge in [0.1, 0.15) is 0 Å². The fraction of sp³-hybridized carbons (Fsp3) is 0.857. The SMILES string of the molecule is CCO[C]N1CCOCC1. The zero-order chi connectivity index (χ0) is 7.23. The lowest BCUT2D eigenvalue weighted by Gasteiger charge is -2.24. The van der Waals surface area contributed by atoms with Crippen molar-refractivity contribution in [1.29, 1.82) is 0 Å². The van der Waals surface area contributed by atoms with Gasteiger partial charge in [-0.1, -0.05) is 0 Å². The van der Waals surface area contributed by atoms with Gasteiger partial charge in [0.05, 0.1) is 13.2 Å². The molecular formula is C7H13NO2. The lowest BCUT2D eigenvalue weighted by molar-refractivity contribution is 0.0100. The summed E-state index contributed by atoms with van der Waals surface area (Å²) in [6.45, 7) is 8.86. The van der Waals surface area contributed by atoms with Crippen LogP contribution in [0.15, 0.2) is 0 Å². The van der Waals surface area contributed by atoms with Crippen LogP contribution in [-0.4, -0.2) is 37.8 Å². The molecule has 0 spiro atoms. The van der Waals surface area contributed by atoms with Crippen LogP contribution in [0.1, 0.15) is 6.92 Å². The summed E-state index contributed by atoms with van der Waals surface area (Å²) in [5.41, 5.74) is 0. The third-order valence-corrected chi connectivity index (χ3v) is 1.35. The molecule has 3 heteroatoms. The summed E-state index contributed by atoms with van der Waals surface area (Å²) >= 11 is 0. The maximum Gasteiger partial charge on any atom is 0.217 e. The molecule has 0 saturated carbocycles. The Morgan fingerprint density at radius 2 is 2.20 bits per heavy atom. The normalized spacial score (nSPS) is 21.3. The van der Waals surface area contributed by atoms with Crippen LogP contribution >= 0.6 is 0 Å². The van der Waals surface area contributed by atoms with Crippen molar-refractivity contribution in [2.24, 2.45) is 0 Å². The van der Waals surface area contributed by atoms with E-state index in [1.54, 1.807) is 0 Å². The highest BCUT2D eigenvalue weighted by Gasteiger charge is 2.10. The van der Waals surface area contributed by atoms with Crippen molar-refractivity contribution in [3.63, 3.8) is 0 Å². The molecule has 1 heterocycles.